The van der Waals surface area contributed by atoms with Gasteiger partial charge in [0.05, 0.1) is 24.9 Å². The average molecular weight is 593 g/mol. The van der Waals surface area contributed by atoms with Crippen molar-refractivity contribution in [1.29, 1.82) is 0 Å². The number of anilines is 1. The van der Waals surface area contributed by atoms with Crippen LogP contribution in [0, 0.1) is 3.57 Å². The zero-order chi connectivity index (χ0) is 23.7. The Kier molecular flexibility index (Phi) is 7.45. The summed E-state index contributed by atoms with van der Waals surface area (Å²) in [4.78, 5) is 5.21. The second kappa shape index (κ2) is 10.4. The molecular weight excluding hydrogens is 559 g/mol. The summed E-state index contributed by atoms with van der Waals surface area (Å²) in [5.74, 6) is 1.00. The molecule has 3 aliphatic rings. The number of rotatable bonds is 6. The lowest BCUT2D eigenvalue weighted by Gasteiger charge is -2.42. The molecule has 5 rings (SSSR count). The van der Waals surface area contributed by atoms with Gasteiger partial charge in [-0.15, -0.1) is 6.58 Å². The summed E-state index contributed by atoms with van der Waals surface area (Å²) in [6, 6.07) is 13.8. The van der Waals surface area contributed by atoms with E-state index >= 15 is 0 Å². The van der Waals surface area contributed by atoms with Gasteiger partial charge in [0.2, 0.25) is 0 Å². The first-order valence-electron chi connectivity index (χ1n) is 12.4. The molecule has 1 fully saturated rings. The smallest absolute Gasteiger partial charge is 0.142 e. The molecule has 2 aromatic carbocycles. The lowest BCUT2D eigenvalue weighted by Crippen LogP contribution is -2.50. The molecule has 0 amide bonds. The van der Waals surface area contributed by atoms with Crippen molar-refractivity contribution in [3.8, 4) is 5.75 Å². The molecule has 0 aromatic heterocycles. The Labute approximate surface area is 222 Å². The van der Waals surface area contributed by atoms with Gasteiger partial charge in [0.25, 0.3) is 0 Å². The van der Waals surface area contributed by atoms with Crippen LogP contribution in [0.25, 0.3) is 0 Å². The maximum Gasteiger partial charge on any atom is 0.142 e. The minimum Gasteiger partial charge on any atom is -0.490 e. The van der Waals surface area contributed by atoms with E-state index in [0.29, 0.717) is 19.3 Å². The molecule has 6 heteroatoms. The topological polar surface area (TPSA) is 24.9 Å². The monoisotopic (exact) mass is 592 g/mol. The van der Waals surface area contributed by atoms with Crippen molar-refractivity contribution in [1.82, 2.24) is 4.90 Å². The van der Waals surface area contributed by atoms with E-state index in [1.165, 1.54) is 39.6 Å². The van der Waals surface area contributed by atoms with Gasteiger partial charge in [-0.2, -0.15) is 0 Å². The van der Waals surface area contributed by atoms with E-state index in [4.69, 9.17) is 21.1 Å². The number of halogens is 2. The van der Waals surface area contributed by atoms with Crippen LogP contribution in [0.1, 0.15) is 36.8 Å². The highest BCUT2D eigenvalue weighted by Gasteiger charge is 2.43. The van der Waals surface area contributed by atoms with Crippen LogP contribution in [0.15, 0.2) is 49.1 Å². The number of aryl methyl sites for hydroxylation is 1. The highest BCUT2D eigenvalue weighted by Crippen LogP contribution is 2.45. The Morgan fingerprint density at radius 3 is 3.00 bits per heavy atom. The van der Waals surface area contributed by atoms with Crippen molar-refractivity contribution in [2.75, 3.05) is 44.9 Å². The predicted octanol–water partition coefficient (Wildman–Crippen LogP) is 6.08. The third-order valence-electron chi connectivity index (χ3n) is 7.89. The van der Waals surface area contributed by atoms with Crippen LogP contribution in [0.2, 0.25) is 5.02 Å². The third-order valence-corrected chi connectivity index (χ3v) is 8.79. The van der Waals surface area contributed by atoms with Crippen LogP contribution >= 0.6 is 34.2 Å². The summed E-state index contributed by atoms with van der Waals surface area (Å²) in [5, 5.41) is 0.829. The van der Waals surface area contributed by atoms with Crippen molar-refractivity contribution in [3.05, 3.63) is 68.8 Å². The van der Waals surface area contributed by atoms with Crippen molar-refractivity contribution < 1.29 is 9.47 Å². The van der Waals surface area contributed by atoms with Gasteiger partial charge in [0.15, 0.2) is 0 Å². The number of fused-ring (bicyclic) bond motifs is 3. The Balaban J connectivity index is 1.51. The molecule has 1 unspecified atom stereocenters. The van der Waals surface area contributed by atoms with Crippen molar-refractivity contribution in [3.63, 3.8) is 0 Å². The summed E-state index contributed by atoms with van der Waals surface area (Å²) in [6.45, 7) is 8.54. The molecule has 0 saturated carbocycles. The lowest BCUT2D eigenvalue weighted by atomic mass is 9.70. The van der Waals surface area contributed by atoms with E-state index in [2.05, 4.69) is 75.4 Å². The van der Waals surface area contributed by atoms with E-state index in [-0.39, 0.29) is 11.5 Å². The Morgan fingerprint density at radius 2 is 2.18 bits per heavy atom. The number of likely N-dealkylation sites (tertiary alicyclic amines) is 1. The van der Waals surface area contributed by atoms with Crippen LogP contribution < -0.4 is 9.64 Å². The Morgan fingerprint density at radius 1 is 1.29 bits per heavy atom. The first-order valence-corrected chi connectivity index (χ1v) is 13.8. The minimum absolute atomic E-state index is 0.0313. The van der Waals surface area contributed by atoms with Gasteiger partial charge in [-0.1, -0.05) is 23.7 Å². The van der Waals surface area contributed by atoms with Crippen molar-refractivity contribution in [2.24, 2.45) is 0 Å². The number of benzene rings is 2. The molecule has 3 atom stereocenters. The number of methoxy groups -OCH3 is 1. The minimum atomic E-state index is -0.0313. The standard InChI is InChI=1S/C28H34ClIN2O2/c1-3-23(17-33-2)32-13-5-7-24(32)16-31-18-28(19-34-27-11-9-22(30)15-26(27)31)12-4-6-20-14-21(29)8-10-25(20)28/h3,8-11,14-15,23-24H,1,4-7,12-13,16-19H2,2H3/t23?,24-,28-/m0/s1. The molecule has 2 aromatic rings. The average Bonchev–Trinajstić information content (AvgIpc) is 3.23. The largest absolute Gasteiger partial charge is 0.490 e. The number of hydrogen-bond acceptors (Lipinski definition) is 4. The number of hydrogen-bond donors (Lipinski definition) is 0. The first-order chi connectivity index (χ1) is 16.5. The highest BCUT2D eigenvalue weighted by atomic mass is 127. The fourth-order valence-electron chi connectivity index (χ4n) is 6.30. The maximum atomic E-state index is 6.58. The van der Waals surface area contributed by atoms with Crippen LogP contribution in [-0.2, 0) is 16.6 Å². The Bertz CT molecular complexity index is 1050. The normalized spacial score (nSPS) is 25.4. The van der Waals surface area contributed by atoms with Crippen LogP contribution in [0.5, 0.6) is 5.75 Å². The van der Waals surface area contributed by atoms with Crippen LogP contribution in [-0.4, -0.2) is 56.9 Å². The third kappa shape index (κ3) is 4.73. The molecule has 0 bridgehead atoms. The fraction of sp³-hybridized carbons (Fsp3) is 0.500. The summed E-state index contributed by atoms with van der Waals surface area (Å²) < 4.78 is 13.3. The molecule has 1 aliphatic carbocycles. The van der Waals surface area contributed by atoms with Crippen molar-refractivity contribution >= 4 is 39.9 Å². The SMILES string of the molecule is C=CC(COC)N1CCC[C@H]1CN1C[C@@]2(CCCc3cc(Cl)ccc32)COc2ccc(I)cc21. The molecule has 4 nitrogen and oxygen atoms in total. The summed E-state index contributed by atoms with van der Waals surface area (Å²) in [5.41, 5.74) is 3.99. The predicted molar refractivity (Wildman–Crippen MR) is 149 cm³/mol. The van der Waals surface area contributed by atoms with Gasteiger partial charge in [0.1, 0.15) is 5.75 Å². The highest BCUT2D eigenvalue weighted by molar-refractivity contribution is 14.1. The second-order valence-corrected chi connectivity index (χ2v) is 11.7. The van der Waals surface area contributed by atoms with Crippen LogP contribution in [0.3, 0.4) is 0 Å². The van der Waals surface area contributed by atoms with Gasteiger partial charge in [-0.25, -0.2) is 0 Å². The van der Waals surface area contributed by atoms with E-state index in [1.54, 1.807) is 7.11 Å². The van der Waals surface area contributed by atoms with E-state index in [0.717, 1.165) is 43.2 Å². The molecule has 182 valence electrons. The van der Waals surface area contributed by atoms with E-state index in [1.807, 2.05) is 6.08 Å². The van der Waals surface area contributed by atoms with Crippen molar-refractivity contribution in [2.45, 2.75) is 49.6 Å². The van der Waals surface area contributed by atoms with Gasteiger partial charge in [0, 0.05) is 40.2 Å². The van der Waals surface area contributed by atoms with Gasteiger partial charge in [-0.05, 0) is 103 Å². The summed E-state index contributed by atoms with van der Waals surface area (Å²) in [7, 11) is 1.78. The second-order valence-electron chi connectivity index (χ2n) is 10.0. The number of nitrogens with zero attached hydrogens (tertiary/aromatic N) is 2. The molecule has 1 spiro atoms. The van der Waals surface area contributed by atoms with Gasteiger partial charge >= 0.3 is 0 Å². The van der Waals surface area contributed by atoms with Gasteiger partial charge in [-0.3, -0.25) is 4.90 Å². The molecule has 2 heterocycles. The lowest BCUT2D eigenvalue weighted by molar-refractivity contribution is 0.106. The fourth-order valence-corrected chi connectivity index (χ4v) is 6.97. The summed E-state index contributed by atoms with van der Waals surface area (Å²) >= 11 is 8.80. The molecule has 2 aliphatic heterocycles. The zero-order valence-electron chi connectivity index (χ0n) is 19.9. The number of ether oxygens (including phenoxy) is 2. The molecule has 1 saturated heterocycles. The molecule has 34 heavy (non-hydrogen) atoms. The quantitative estimate of drug-likeness (QED) is 0.300. The molecule has 0 radical (unpaired) electrons. The summed E-state index contributed by atoms with van der Waals surface area (Å²) in [6.07, 6.45) is 7.86. The van der Waals surface area contributed by atoms with E-state index in [9.17, 15) is 0 Å². The first kappa shape index (κ1) is 24.4. The van der Waals surface area contributed by atoms with Gasteiger partial charge < -0.3 is 14.4 Å². The molecule has 0 N–H and O–H groups in total. The zero-order valence-corrected chi connectivity index (χ0v) is 22.9. The van der Waals surface area contributed by atoms with E-state index < -0.39 is 0 Å². The Hall–Kier alpha value is -1.28. The van der Waals surface area contributed by atoms with Crippen LogP contribution in [0.4, 0.5) is 5.69 Å². The maximum absolute atomic E-state index is 6.58. The molecular formula is C28H34ClIN2O2.